The molecule has 3 aliphatic heterocycles. The molecule has 0 aliphatic carbocycles. The summed E-state index contributed by atoms with van der Waals surface area (Å²) in [5, 5.41) is 59.5. The van der Waals surface area contributed by atoms with Gasteiger partial charge in [0.1, 0.15) is 42.7 Å². The van der Waals surface area contributed by atoms with E-state index in [2.05, 4.69) is 0 Å². The van der Waals surface area contributed by atoms with Crippen LogP contribution in [0, 0.1) is 5.82 Å². The molecule has 0 aromatic carbocycles. The Hall–Kier alpha value is -2.32. The van der Waals surface area contributed by atoms with E-state index in [1.54, 1.807) is 18.8 Å². The van der Waals surface area contributed by atoms with Crippen LogP contribution in [0.5, 0.6) is 0 Å². The van der Waals surface area contributed by atoms with E-state index < -0.39 is 109 Å². The smallest absolute Gasteiger partial charge is 0.364 e. The zero-order valence-electron chi connectivity index (χ0n) is 20.2. The number of nitrogens with one attached hydrogen (secondary N) is 1. The lowest BCUT2D eigenvalue weighted by Gasteiger charge is -2.44. The van der Waals surface area contributed by atoms with Crippen molar-refractivity contribution in [2.24, 2.45) is 0 Å². The van der Waals surface area contributed by atoms with Crippen LogP contribution in [0.25, 0.3) is 0 Å². The van der Waals surface area contributed by atoms with Gasteiger partial charge in [-0.15, -0.1) is 0 Å². The maximum Gasteiger partial charge on any atom is 0.364 e. The molecular weight excluding hydrogens is 523 g/mol. The van der Waals surface area contributed by atoms with E-state index in [0.29, 0.717) is 6.20 Å². The number of nitrogens with zero attached hydrogens (tertiary/aromatic N) is 1. The number of aliphatic hydroxyl groups is 5. The molecule has 7 N–H and O–H groups in total. The summed E-state index contributed by atoms with van der Waals surface area (Å²) in [6, 6.07) is 0. The monoisotopic (exact) mass is 552 g/mol. The Balaban J connectivity index is 1.59. The molecule has 0 saturated carbocycles. The minimum Gasteiger partial charge on any atom is -0.477 e. The number of ether oxygens (including phenoxy) is 5. The van der Waals surface area contributed by atoms with Crippen LogP contribution in [0.2, 0.25) is 0 Å². The number of carboxylic acid groups (broad SMARTS) is 1. The van der Waals surface area contributed by atoms with Crippen LogP contribution >= 0.6 is 0 Å². The number of halogens is 1. The Morgan fingerprint density at radius 2 is 1.89 bits per heavy atom. The van der Waals surface area contributed by atoms with E-state index in [-0.39, 0.29) is 0 Å². The molecule has 16 nitrogen and oxygen atoms in total. The summed E-state index contributed by atoms with van der Waals surface area (Å²) in [5.74, 6) is -6.90. The lowest BCUT2D eigenvalue weighted by molar-refractivity contribution is -0.332. The number of carboxylic acids is 1. The lowest BCUT2D eigenvalue weighted by atomic mass is 9.90. The minimum absolute atomic E-state index is 0.625. The predicted octanol–water partition coefficient (Wildman–Crippen LogP) is -3.88. The van der Waals surface area contributed by atoms with Crippen LogP contribution < -0.4 is 11.2 Å². The number of aromatic nitrogens is 2. The number of aliphatic carboxylic acids is 1. The third-order valence-electron chi connectivity index (χ3n) is 6.58. The molecule has 10 atom stereocenters. The molecule has 0 amide bonds. The highest BCUT2D eigenvalue weighted by molar-refractivity contribution is 5.76. The average Bonchev–Trinajstić information content (AvgIpc) is 3.33. The molecule has 17 heteroatoms. The second-order valence-electron chi connectivity index (χ2n) is 9.73. The Morgan fingerprint density at radius 1 is 1.24 bits per heavy atom. The third kappa shape index (κ3) is 5.14. The zero-order valence-corrected chi connectivity index (χ0v) is 20.2. The van der Waals surface area contributed by atoms with Crippen molar-refractivity contribution in [3.63, 3.8) is 0 Å². The van der Waals surface area contributed by atoms with Gasteiger partial charge in [0.25, 0.3) is 11.3 Å². The van der Waals surface area contributed by atoms with E-state index in [1.165, 1.54) is 0 Å². The van der Waals surface area contributed by atoms with Crippen LogP contribution in [0.1, 0.15) is 26.5 Å². The first-order valence-corrected chi connectivity index (χ1v) is 11.6. The molecule has 1 aromatic rings. The molecule has 4 rings (SSSR count). The first-order valence-electron chi connectivity index (χ1n) is 11.6. The Labute approximate surface area is 212 Å². The highest BCUT2D eigenvalue weighted by Gasteiger charge is 2.59. The second-order valence-corrected chi connectivity index (χ2v) is 9.73. The number of hydrogen-bond acceptors (Lipinski definition) is 13. The number of aromatic amines is 1. The van der Waals surface area contributed by atoms with Crippen LogP contribution in [-0.4, -0.2) is 120 Å². The van der Waals surface area contributed by atoms with E-state index in [9.17, 15) is 44.3 Å². The number of hydrogen-bond donors (Lipinski definition) is 7. The third-order valence-corrected chi connectivity index (χ3v) is 6.58. The number of carbonyl (C=O) groups is 1. The minimum atomic E-state index is -2.66. The first kappa shape index (κ1) is 28.7. The number of H-pyrrole nitrogens is 1. The summed E-state index contributed by atoms with van der Waals surface area (Å²) < 4.78 is 43.0. The van der Waals surface area contributed by atoms with E-state index in [0.717, 1.165) is 4.57 Å². The quantitative estimate of drug-likeness (QED) is 0.163. The summed E-state index contributed by atoms with van der Waals surface area (Å²) in [7, 11) is 0. The molecule has 1 aromatic heterocycles. The highest BCUT2D eigenvalue weighted by Crippen LogP contribution is 2.43. The summed E-state index contributed by atoms with van der Waals surface area (Å²) in [4.78, 5) is 37.8. The lowest BCUT2D eigenvalue weighted by Crippen LogP contribution is -2.64. The van der Waals surface area contributed by atoms with Crippen LogP contribution in [0.3, 0.4) is 0 Å². The summed E-state index contributed by atoms with van der Waals surface area (Å²) in [6.45, 7) is 1.52. The van der Waals surface area contributed by atoms with Crippen molar-refractivity contribution in [1.82, 2.24) is 9.55 Å². The zero-order chi connectivity index (χ0) is 28.2. The number of aliphatic hydroxyl groups excluding tert-OH is 5. The fourth-order valence-electron chi connectivity index (χ4n) is 4.73. The first-order chi connectivity index (χ1) is 17.7. The van der Waals surface area contributed by atoms with Crippen LogP contribution in [0.4, 0.5) is 4.39 Å². The maximum atomic E-state index is 14.0. The predicted molar refractivity (Wildman–Crippen MR) is 116 cm³/mol. The van der Waals surface area contributed by atoms with Gasteiger partial charge in [0, 0.05) is 6.42 Å². The van der Waals surface area contributed by atoms with Gasteiger partial charge in [0.15, 0.2) is 12.0 Å². The number of rotatable bonds is 8. The van der Waals surface area contributed by atoms with Crippen molar-refractivity contribution >= 4 is 5.97 Å². The Kier molecular flexibility index (Phi) is 7.80. The van der Waals surface area contributed by atoms with Crippen molar-refractivity contribution in [3.05, 3.63) is 32.9 Å². The fraction of sp³-hybridized carbons (Fsp3) is 0.762. The van der Waals surface area contributed by atoms with Gasteiger partial charge < -0.3 is 54.3 Å². The molecule has 3 fully saturated rings. The van der Waals surface area contributed by atoms with Crippen LogP contribution in [0.15, 0.2) is 15.8 Å². The van der Waals surface area contributed by atoms with E-state index >= 15 is 0 Å². The molecule has 214 valence electrons. The van der Waals surface area contributed by atoms with Gasteiger partial charge in [-0.25, -0.2) is 9.59 Å². The molecule has 0 radical (unpaired) electrons. The molecule has 0 bridgehead atoms. The SMILES string of the molecule is CC1(C)O[C@@H]2[C@H](O1)[C@@H](CO[C@]1(C(=O)O)C[C@H](O)[C@@H](O)[C@H]([C@@H](O)[C@H](O)CO)O1)O[C@H]2n1cc(F)c(=O)[nH]c1=O. The van der Waals surface area contributed by atoms with Gasteiger partial charge >= 0.3 is 11.7 Å². The molecule has 0 unspecified atom stereocenters. The maximum absolute atomic E-state index is 14.0. The molecule has 0 spiro atoms. The molecule has 38 heavy (non-hydrogen) atoms. The van der Waals surface area contributed by atoms with Crippen molar-refractivity contribution < 1.29 is 63.5 Å². The topological polar surface area (TPSA) is 239 Å². The van der Waals surface area contributed by atoms with Crippen molar-refractivity contribution in [2.45, 2.75) is 86.9 Å². The van der Waals surface area contributed by atoms with Gasteiger partial charge in [-0.05, 0) is 13.8 Å². The fourth-order valence-corrected chi connectivity index (χ4v) is 4.73. The Bertz CT molecular complexity index is 1160. The van der Waals surface area contributed by atoms with Gasteiger partial charge in [-0.3, -0.25) is 14.3 Å². The summed E-state index contributed by atoms with van der Waals surface area (Å²) in [6.07, 6.45) is -14.0. The molecule has 3 saturated heterocycles. The van der Waals surface area contributed by atoms with Crippen molar-refractivity contribution in [3.8, 4) is 0 Å². The van der Waals surface area contributed by atoms with Gasteiger partial charge in [0.2, 0.25) is 5.82 Å². The molecular formula is C21H29FN2O14. The second kappa shape index (κ2) is 10.3. The normalized spacial score (nSPS) is 38.1. The van der Waals surface area contributed by atoms with Gasteiger partial charge in [-0.2, -0.15) is 4.39 Å². The largest absolute Gasteiger partial charge is 0.477 e. The average molecular weight is 552 g/mol. The summed E-state index contributed by atoms with van der Waals surface area (Å²) in [5.41, 5.74) is -2.25. The standard InChI is InChI=1S/C21H29FN2O14/c1-20(2)36-13-10(35-17(15(13)37-20)24-4-7(22)16(30)23-19(24)33)6-34-21(18(31)32)3-8(26)11(28)14(38-21)12(29)9(27)5-25/h4,8-15,17,25-29H,3,5-6H2,1-2H3,(H,31,32)(H,23,30,33)/t8-,9+,10+,11+,12-,13+,14+,15+,17+,21+/m0/s1. The van der Waals surface area contributed by atoms with Crippen molar-refractivity contribution in [1.29, 1.82) is 0 Å². The molecule has 3 aliphatic rings. The van der Waals surface area contributed by atoms with Crippen LogP contribution in [-0.2, 0) is 28.5 Å². The van der Waals surface area contributed by atoms with Crippen molar-refractivity contribution in [2.75, 3.05) is 13.2 Å². The Morgan fingerprint density at radius 3 is 2.53 bits per heavy atom. The van der Waals surface area contributed by atoms with E-state index in [4.69, 9.17) is 28.8 Å². The highest BCUT2D eigenvalue weighted by atomic mass is 19.1. The molecule has 4 heterocycles. The number of fused-ring (bicyclic) bond motifs is 1. The van der Waals surface area contributed by atoms with Gasteiger partial charge in [0.05, 0.1) is 25.5 Å². The van der Waals surface area contributed by atoms with Gasteiger partial charge in [-0.1, -0.05) is 0 Å². The summed E-state index contributed by atoms with van der Waals surface area (Å²) >= 11 is 0. The van der Waals surface area contributed by atoms with E-state index in [1.807, 2.05) is 0 Å².